The van der Waals surface area contributed by atoms with Gasteiger partial charge in [-0.3, -0.25) is 4.72 Å². The first kappa shape index (κ1) is 17.3. The van der Waals surface area contributed by atoms with Crippen LogP contribution in [0.4, 0.5) is 11.4 Å². The highest BCUT2D eigenvalue weighted by atomic mass is 32.2. The highest BCUT2D eigenvalue weighted by Crippen LogP contribution is 2.18. The maximum Gasteiger partial charge on any atom is 0.261 e. The van der Waals surface area contributed by atoms with Gasteiger partial charge in [0.1, 0.15) is 0 Å². The van der Waals surface area contributed by atoms with E-state index in [1.807, 2.05) is 26.2 Å². The number of nitrogens with one attached hydrogen (secondary N) is 2. The third-order valence-corrected chi connectivity index (χ3v) is 4.70. The van der Waals surface area contributed by atoms with E-state index in [4.69, 9.17) is 0 Å². The monoisotopic (exact) mass is 333 g/mol. The van der Waals surface area contributed by atoms with Crippen LogP contribution in [0.25, 0.3) is 0 Å². The molecule has 0 aromatic heterocycles. The summed E-state index contributed by atoms with van der Waals surface area (Å²) in [5, 5.41) is 3.32. The Morgan fingerprint density at radius 3 is 2.13 bits per heavy atom. The van der Waals surface area contributed by atoms with Crippen LogP contribution >= 0.6 is 0 Å². The molecule has 0 fully saturated rings. The fourth-order valence-corrected chi connectivity index (χ4v) is 3.18. The van der Waals surface area contributed by atoms with Crippen LogP contribution in [0.15, 0.2) is 59.5 Å². The molecule has 0 radical (unpaired) electrons. The predicted molar refractivity (Wildman–Crippen MR) is 95.4 cm³/mol. The zero-order valence-corrected chi connectivity index (χ0v) is 14.3. The molecule has 0 unspecified atom stereocenters. The summed E-state index contributed by atoms with van der Waals surface area (Å²) in [5.41, 5.74) is 1.53. The van der Waals surface area contributed by atoms with Crippen LogP contribution in [0.1, 0.15) is 6.42 Å². The van der Waals surface area contributed by atoms with Gasteiger partial charge < -0.3 is 10.2 Å². The molecule has 2 rings (SSSR count). The second-order valence-corrected chi connectivity index (χ2v) is 7.26. The van der Waals surface area contributed by atoms with Crippen molar-refractivity contribution in [3.8, 4) is 0 Å². The van der Waals surface area contributed by atoms with Crippen LogP contribution in [-0.4, -0.2) is 40.5 Å². The van der Waals surface area contributed by atoms with E-state index in [0.717, 1.165) is 25.2 Å². The first-order valence-electron chi connectivity index (χ1n) is 7.54. The van der Waals surface area contributed by atoms with Gasteiger partial charge in [0, 0.05) is 17.9 Å². The van der Waals surface area contributed by atoms with Gasteiger partial charge in [0.2, 0.25) is 0 Å². The third-order valence-electron chi connectivity index (χ3n) is 3.30. The normalized spacial score (nSPS) is 11.4. The lowest BCUT2D eigenvalue weighted by Gasteiger charge is -2.12. The second kappa shape index (κ2) is 7.99. The Morgan fingerprint density at radius 2 is 1.52 bits per heavy atom. The summed E-state index contributed by atoms with van der Waals surface area (Å²) in [7, 11) is 0.566. The SMILES string of the molecule is CN(C)CCCNc1ccc(NS(=O)(=O)c2ccccc2)cc1. The van der Waals surface area contributed by atoms with Crippen molar-refractivity contribution in [1.29, 1.82) is 0 Å². The van der Waals surface area contributed by atoms with Crippen molar-refractivity contribution in [3.63, 3.8) is 0 Å². The van der Waals surface area contributed by atoms with Crippen molar-refractivity contribution in [3.05, 3.63) is 54.6 Å². The van der Waals surface area contributed by atoms with Crippen LogP contribution in [0.5, 0.6) is 0 Å². The van der Waals surface area contributed by atoms with Gasteiger partial charge in [0.25, 0.3) is 10.0 Å². The minimum absolute atomic E-state index is 0.255. The standard InChI is InChI=1S/C17H23N3O2S/c1-20(2)14-6-13-18-15-9-11-16(12-10-15)19-23(21,22)17-7-4-3-5-8-17/h3-5,7-12,18-19H,6,13-14H2,1-2H3. The highest BCUT2D eigenvalue weighted by molar-refractivity contribution is 7.92. The number of benzene rings is 2. The Kier molecular flexibility index (Phi) is 6.01. The molecule has 124 valence electrons. The second-order valence-electron chi connectivity index (χ2n) is 5.58. The number of anilines is 2. The molecule has 6 heteroatoms. The summed E-state index contributed by atoms with van der Waals surface area (Å²) in [6, 6.07) is 15.6. The molecule has 0 heterocycles. The first-order valence-corrected chi connectivity index (χ1v) is 9.02. The first-order chi connectivity index (χ1) is 11.0. The van der Waals surface area contributed by atoms with Crippen LogP contribution in [0, 0.1) is 0 Å². The molecule has 23 heavy (non-hydrogen) atoms. The Hall–Kier alpha value is -2.05. The van der Waals surface area contributed by atoms with Crippen LogP contribution in [-0.2, 0) is 10.0 Å². The largest absolute Gasteiger partial charge is 0.385 e. The highest BCUT2D eigenvalue weighted by Gasteiger charge is 2.12. The Bertz CT molecular complexity index is 698. The number of sulfonamides is 1. The molecule has 0 aliphatic carbocycles. The van der Waals surface area contributed by atoms with E-state index in [0.29, 0.717) is 5.69 Å². The topological polar surface area (TPSA) is 61.4 Å². The van der Waals surface area contributed by atoms with Gasteiger partial charge in [-0.05, 0) is 63.5 Å². The van der Waals surface area contributed by atoms with Crippen molar-refractivity contribution in [2.45, 2.75) is 11.3 Å². The van der Waals surface area contributed by atoms with Crippen LogP contribution < -0.4 is 10.0 Å². The molecule has 5 nitrogen and oxygen atoms in total. The maximum atomic E-state index is 12.2. The molecular weight excluding hydrogens is 310 g/mol. The van der Waals surface area contributed by atoms with Gasteiger partial charge in [0.05, 0.1) is 4.90 Å². The number of hydrogen-bond acceptors (Lipinski definition) is 4. The fourth-order valence-electron chi connectivity index (χ4n) is 2.10. The van der Waals surface area contributed by atoms with E-state index in [1.165, 1.54) is 0 Å². The summed E-state index contributed by atoms with van der Waals surface area (Å²) in [5.74, 6) is 0. The summed E-state index contributed by atoms with van der Waals surface area (Å²) in [6.07, 6.45) is 1.05. The molecule has 0 amide bonds. The van der Waals surface area contributed by atoms with Gasteiger partial charge in [-0.1, -0.05) is 18.2 Å². The van der Waals surface area contributed by atoms with Crippen molar-refractivity contribution in [2.75, 3.05) is 37.2 Å². The molecule has 2 aromatic rings. The Labute approximate surface area is 138 Å². The average Bonchev–Trinajstić information content (AvgIpc) is 2.53. The lowest BCUT2D eigenvalue weighted by atomic mass is 10.3. The average molecular weight is 333 g/mol. The minimum Gasteiger partial charge on any atom is -0.385 e. The van der Waals surface area contributed by atoms with Crippen molar-refractivity contribution in [1.82, 2.24) is 4.90 Å². The van der Waals surface area contributed by atoms with Crippen LogP contribution in [0.2, 0.25) is 0 Å². The van der Waals surface area contributed by atoms with Gasteiger partial charge in [-0.2, -0.15) is 0 Å². The summed E-state index contributed by atoms with van der Waals surface area (Å²) < 4.78 is 27.0. The maximum absolute atomic E-state index is 12.2. The number of hydrogen-bond donors (Lipinski definition) is 2. The van der Waals surface area contributed by atoms with E-state index < -0.39 is 10.0 Å². The lowest BCUT2D eigenvalue weighted by molar-refractivity contribution is 0.405. The van der Waals surface area contributed by atoms with E-state index >= 15 is 0 Å². The zero-order valence-electron chi connectivity index (χ0n) is 13.5. The fraction of sp³-hybridized carbons (Fsp3) is 0.294. The quantitative estimate of drug-likeness (QED) is 0.729. The summed E-state index contributed by atoms with van der Waals surface area (Å²) in [4.78, 5) is 2.40. The molecule has 0 spiro atoms. The summed E-state index contributed by atoms with van der Waals surface area (Å²) >= 11 is 0. The van der Waals surface area contributed by atoms with Gasteiger partial charge >= 0.3 is 0 Å². The van der Waals surface area contributed by atoms with E-state index in [2.05, 4.69) is 14.9 Å². The molecule has 0 aliphatic heterocycles. The van der Waals surface area contributed by atoms with Gasteiger partial charge in [0.15, 0.2) is 0 Å². The van der Waals surface area contributed by atoms with Gasteiger partial charge in [-0.25, -0.2) is 8.42 Å². The van der Waals surface area contributed by atoms with Crippen molar-refractivity contribution < 1.29 is 8.42 Å². The molecular formula is C17H23N3O2S. The Balaban J connectivity index is 1.92. The molecule has 0 saturated heterocycles. The molecule has 0 saturated carbocycles. The molecule has 0 aliphatic rings. The van der Waals surface area contributed by atoms with Crippen molar-refractivity contribution >= 4 is 21.4 Å². The van der Waals surface area contributed by atoms with Crippen molar-refractivity contribution in [2.24, 2.45) is 0 Å². The minimum atomic E-state index is -3.53. The molecule has 2 aromatic carbocycles. The predicted octanol–water partition coefficient (Wildman–Crippen LogP) is 2.85. The number of nitrogens with zero attached hydrogens (tertiary/aromatic N) is 1. The molecule has 0 atom stereocenters. The van der Waals surface area contributed by atoms with E-state index in [9.17, 15) is 8.42 Å². The van der Waals surface area contributed by atoms with E-state index in [1.54, 1.807) is 42.5 Å². The molecule has 2 N–H and O–H groups in total. The summed E-state index contributed by atoms with van der Waals surface area (Å²) in [6.45, 7) is 1.91. The van der Waals surface area contributed by atoms with E-state index in [-0.39, 0.29) is 4.90 Å². The Morgan fingerprint density at radius 1 is 0.913 bits per heavy atom. The van der Waals surface area contributed by atoms with Crippen LogP contribution in [0.3, 0.4) is 0 Å². The van der Waals surface area contributed by atoms with Gasteiger partial charge in [-0.15, -0.1) is 0 Å². The smallest absolute Gasteiger partial charge is 0.261 e. The third kappa shape index (κ3) is 5.58. The lowest BCUT2D eigenvalue weighted by Crippen LogP contribution is -2.16. The molecule has 0 bridgehead atoms. The number of rotatable bonds is 8. The zero-order chi connectivity index (χ0) is 16.7.